The van der Waals surface area contributed by atoms with Gasteiger partial charge in [0.05, 0.1) is 27.6 Å². The SMILES string of the molecule is CS(=O)(=O)c1nc(C(=O)OCCNC(=O)c2ccc([N+](=O)[O-])cc2Cl)c2ccccn12. The monoisotopic (exact) mass is 466 g/mol. The number of ether oxygens (including phenoxy) is 1. The lowest BCUT2D eigenvalue weighted by molar-refractivity contribution is -0.384. The number of rotatable bonds is 7. The van der Waals surface area contributed by atoms with Gasteiger partial charge in [-0.05, 0) is 18.2 Å². The molecular weight excluding hydrogens is 452 g/mol. The van der Waals surface area contributed by atoms with E-state index >= 15 is 0 Å². The molecule has 0 aliphatic carbocycles. The molecular formula is C18H15ClN4O7S. The molecule has 1 N–H and O–H groups in total. The van der Waals surface area contributed by atoms with E-state index in [-0.39, 0.29) is 45.8 Å². The van der Waals surface area contributed by atoms with Crippen LogP contribution in [-0.2, 0) is 14.6 Å². The van der Waals surface area contributed by atoms with Crippen molar-refractivity contribution < 1.29 is 27.7 Å². The minimum absolute atomic E-state index is 0.0245. The molecule has 162 valence electrons. The predicted octanol–water partition coefficient (Wildman–Crippen LogP) is 1.89. The van der Waals surface area contributed by atoms with Gasteiger partial charge in [0, 0.05) is 24.6 Å². The second-order valence-corrected chi connectivity index (χ2v) is 8.60. The molecule has 0 bridgehead atoms. The van der Waals surface area contributed by atoms with E-state index in [1.54, 1.807) is 12.1 Å². The zero-order valence-corrected chi connectivity index (χ0v) is 17.5. The molecule has 3 rings (SSSR count). The van der Waals surface area contributed by atoms with Crippen molar-refractivity contribution in [2.75, 3.05) is 19.4 Å². The second kappa shape index (κ2) is 8.70. The van der Waals surface area contributed by atoms with Crippen molar-refractivity contribution in [2.24, 2.45) is 0 Å². The summed E-state index contributed by atoms with van der Waals surface area (Å²) in [7, 11) is -3.69. The normalized spacial score (nSPS) is 11.3. The Balaban J connectivity index is 1.64. The van der Waals surface area contributed by atoms with Crippen LogP contribution < -0.4 is 5.32 Å². The van der Waals surface area contributed by atoms with Gasteiger partial charge >= 0.3 is 5.97 Å². The lowest BCUT2D eigenvalue weighted by Crippen LogP contribution is -2.28. The van der Waals surface area contributed by atoms with Crippen LogP contribution in [0.2, 0.25) is 5.02 Å². The Bertz CT molecular complexity index is 1300. The first-order chi connectivity index (χ1) is 14.6. The predicted molar refractivity (Wildman–Crippen MR) is 109 cm³/mol. The summed E-state index contributed by atoms with van der Waals surface area (Å²) in [5.74, 6) is -1.47. The molecule has 0 unspecified atom stereocenters. The van der Waals surface area contributed by atoms with Crippen LogP contribution in [0.25, 0.3) is 5.52 Å². The van der Waals surface area contributed by atoms with Crippen LogP contribution in [0.1, 0.15) is 20.8 Å². The van der Waals surface area contributed by atoms with Crippen LogP contribution in [0.15, 0.2) is 47.8 Å². The van der Waals surface area contributed by atoms with Crippen LogP contribution >= 0.6 is 11.6 Å². The van der Waals surface area contributed by atoms with Gasteiger partial charge < -0.3 is 10.1 Å². The number of hydrogen-bond donors (Lipinski definition) is 1. The molecule has 0 spiro atoms. The molecule has 0 aliphatic rings. The number of nitrogens with one attached hydrogen (secondary N) is 1. The number of non-ortho nitro benzene ring substituents is 1. The Morgan fingerprint density at radius 1 is 1.29 bits per heavy atom. The Hall–Kier alpha value is -3.51. The van der Waals surface area contributed by atoms with Gasteiger partial charge in [-0.15, -0.1) is 0 Å². The molecule has 0 saturated heterocycles. The average molecular weight is 467 g/mol. The van der Waals surface area contributed by atoms with Crippen molar-refractivity contribution in [3.8, 4) is 0 Å². The number of esters is 1. The van der Waals surface area contributed by atoms with Crippen molar-refractivity contribution in [1.29, 1.82) is 0 Å². The van der Waals surface area contributed by atoms with Crippen molar-refractivity contribution in [3.05, 3.63) is 69.0 Å². The highest BCUT2D eigenvalue weighted by Crippen LogP contribution is 2.22. The molecule has 0 atom stereocenters. The lowest BCUT2D eigenvalue weighted by Gasteiger charge is -2.07. The van der Waals surface area contributed by atoms with E-state index in [9.17, 15) is 28.1 Å². The van der Waals surface area contributed by atoms with E-state index in [1.807, 2.05) is 0 Å². The number of amides is 1. The van der Waals surface area contributed by atoms with Crippen molar-refractivity contribution in [2.45, 2.75) is 5.16 Å². The maximum atomic E-state index is 12.4. The Morgan fingerprint density at radius 3 is 2.68 bits per heavy atom. The molecule has 1 aromatic carbocycles. The standard InChI is InChI=1S/C18H15ClN4O7S/c1-31(28,29)18-21-15(14-4-2-3-8-22(14)18)17(25)30-9-7-20-16(24)12-6-5-11(23(26)27)10-13(12)19/h2-6,8,10H,7,9H2,1H3,(H,20,24). The van der Waals surface area contributed by atoms with Gasteiger partial charge in [-0.2, -0.15) is 0 Å². The molecule has 2 aromatic heterocycles. The summed E-state index contributed by atoms with van der Waals surface area (Å²) in [6.07, 6.45) is 2.44. The van der Waals surface area contributed by atoms with E-state index in [0.29, 0.717) is 0 Å². The summed E-state index contributed by atoms with van der Waals surface area (Å²) < 4.78 is 30.2. The third-order valence-corrected chi connectivity index (χ3v) is 5.33. The largest absolute Gasteiger partial charge is 0.459 e. The topological polar surface area (TPSA) is 150 Å². The van der Waals surface area contributed by atoms with E-state index in [0.717, 1.165) is 18.4 Å². The summed E-state index contributed by atoms with van der Waals surface area (Å²) >= 11 is 5.90. The summed E-state index contributed by atoms with van der Waals surface area (Å²) in [5.41, 5.74) is -0.145. The first kappa shape index (κ1) is 22.2. The highest BCUT2D eigenvalue weighted by molar-refractivity contribution is 7.90. The summed E-state index contributed by atoms with van der Waals surface area (Å²) in [6, 6.07) is 8.15. The molecule has 0 saturated carbocycles. The summed E-state index contributed by atoms with van der Waals surface area (Å²) in [4.78, 5) is 38.5. The van der Waals surface area contributed by atoms with Gasteiger partial charge in [0.2, 0.25) is 15.0 Å². The number of pyridine rings is 1. The Labute approximate surface area is 180 Å². The van der Waals surface area contributed by atoms with E-state index in [2.05, 4.69) is 10.3 Å². The summed E-state index contributed by atoms with van der Waals surface area (Å²) in [6.45, 7) is -0.308. The number of nitro groups is 1. The molecule has 31 heavy (non-hydrogen) atoms. The first-order valence-electron chi connectivity index (χ1n) is 8.66. The minimum Gasteiger partial charge on any atom is -0.459 e. The molecule has 0 aliphatic heterocycles. The van der Waals surface area contributed by atoms with Gasteiger partial charge in [0.25, 0.3) is 11.6 Å². The zero-order chi connectivity index (χ0) is 22.8. The zero-order valence-electron chi connectivity index (χ0n) is 15.9. The molecule has 0 radical (unpaired) electrons. The van der Waals surface area contributed by atoms with Crippen LogP contribution in [0.3, 0.4) is 0 Å². The van der Waals surface area contributed by atoms with Crippen LogP contribution in [0.4, 0.5) is 5.69 Å². The lowest BCUT2D eigenvalue weighted by atomic mass is 10.2. The number of aromatic nitrogens is 2. The molecule has 3 aromatic rings. The van der Waals surface area contributed by atoms with E-state index < -0.39 is 26.6 Å². The number of carbonyl (C=O) groups excluding carboxylic acids is 2. The fourth-order valence-electron chi connectivity index (χ4n) is 2.70. The van der Waals surface area contributed by atoms with E-state index in [1.165, 1.54) is 22.7 Å². The van der Waals surface area contributed by atoms with Crippen molar-refractivity contribution in [3.63, 3.8) is 0 Å². The maximum Gasteiger partial charge on any atom is 0.359 e. The van der Waals surface area contributed by atoms with Gasteiger partial charge in [-0.25, -0.2) is 18.2 Å². The number of nitro benzene ring substituents is 1. The van der Waals surface area contributed by atoms with Gasteiger partial charge in [-0.3, -0.25) is 19.3 Å². The summed E-state index contributed by atoms with van der Waals surface area (Å²) in [5, 5.41) is 12.8. The fourth-order valence-corrected chi connectivity index (χ4v) is 3.73. The van der Waals surface area contributed by atoms with Crippen LogP contribution in [0, 0.1) is 10.1 Å². The van der Waals surface area contributed by atoms with E-state index in [4.69, 9.17) is 16.3 Å². The molecule has 2 heterocycles. The highest BCUT2D eigenvalue weighted by atomic mass is 35.5. The van der Waals surface area contributed by atoms with Crippen LogP contribution in [-0.4, -0.2) is 54.0 Å². The van der Waals surface area contributed by atoms with Gasteiger partial charge in [0.1, 0.15) is 6.61 Å². The highest BCUT2D eigenvalue weighted by Gasteiger charge is 2.23. The molecule has 11 nitrogen and oxygen atoms in total. The Morgan fingerprint density at radius 2 is 2.03 bits per heavy atom. The number of hydrogen-bond acceptors (Lipinski definition) is 8. The number of sulfone groups is 1. The molecule has 1 amide bonds. The van der Waals surface area contributed by atoms with Crippen molar-refractivity contribution in [1.82, 2.24) is 14.7 Å². The smallest absolute Gasteiger partial charge is 0.359 e. The quantitative estimate of drug-likeness (QED) is 0.240. The average Bonchev–Trinajstić information content (AvgIpc) is 3.11. The number of carbonyl (C=O) groups is 2. The third kappa shape index (κ3) is 4.81. The number of imidazole rings is 1. The van der Waals surface area contributed by atoms with Crippen molar-refractivity contribution >= 4 is 44.5 Å². The minimum atomic E-state index is -3.69. The fraction of sp³-hybridized carbons (Fsp3) is 0.167. The Kier molecular flexibility index (Phi) is 6.22. The number of halogens is 1. The van der Waals surface area contributed by atoms with Gasteiger partial charge in [0.15, 0.2) is 5.69 Å². The van der Waals surface area contributed by atoms with Gasteiger partial charge in [-0.1, -0.05) is 17.7 Å². The second-order valence-electron chi connectivity index (χ2n) is 6.28. The number of benzene rings is 1. The molecule has 13 heteroatoms. The number of fused-ring (bicyclic) bond motifs is 1. The van der Waals surface area contributed by atoms with Crippen LogP contribution in [0.5, 0.6) is 0 Å². The first-order valence-corrected chi connectivity index (χ1v) is 10.9. The number of nitrogens with zero attached hydrogens (tertiary/aromatic N) is 3. The maximum absolute atomic E-state index is 12.4. The molecule has 0 fully saturated rings. The third-order valence-electron chi connectivity index (χ3n) is 4.07.